The molecule has 3 aromatic rings. The molecule has 0 bridgehead atoms. The second kappa shape index (κ2) is 11.3. The number of carbonyl (C=O) groups is 3. The highest BCUT2D eigenvalue weighted by Crippen LogP contribution is 2.44. The molecule has 2 N–H and O–H groups in total. The number of aliphatic carboxylic acids is 1. The SMILES string of the molecule is O=C(NC1(C(=O)N2CCOCC2C(=O)O)CCN(Cc2ccccc2)C1)OCC1c2ccccc2-c2ccccc21. The lowest BCUT2D eigenvalue weighted by molar-refractivity contribution is -0.161. The van der Waals surface area contributed by atoms with Gasteiger partial charge in [-0.05, 0) is 34.2 Å². The van der Waals surface area contributed by atoms with Crippen molar-refractivity contribution >= 4 is 18.0 Å². The lowest BCUT2D eigenvalue weighted by Gasteiger charge is -2.39. The zero-order valence-corrected chi connectivity index (χ0v) is 22.7. The van der Waals surface area contributed by atoms with Crippen molar-refractivity contribution in [1.82, 2.24) is 15.1 Å². The highest BCUT2D eigenvalue weighted by Gasteiger charge is 2.51. The highest BCUT2D eigenvalue weighted by molar-refractivity contribution is 5.93. The number of benzene rings is 3. The number of ether oxygens (including phenoxy) is 2. The van der Waals surface area contributed by atoms with E-state index >= 15 is 0 Å². The van der Waals surface area contributed by atoms with Gasteiger partial charge in [0.1, 0.15) is 12.1 Å². The summed E-state index contributed by atoms with van der Waals surface area (Å²) in [5.74, 6) is -1.67. The van der Waals surface area contributed by atoms with Gasteiger partial charge in [-0.3, -0.25) is 9.69 Å². The van der Waals surface area contributed by atoms with Crippen LogP contribution in [0.15, 0.2) is 78.9 Å². The van der Waals surface area contributed by atoms with Crippen LogP contribution >= 0.6 is 0 Å². The Balaban J connectivity index is 1.21. The van der Waals surface area contributed by atoms with Gasteiger partial charge in [-0.25, -0.2) is 9.59 Å². The Hall–Kier alpha value is -4.21. The van der Waals surface area contributed by atoms with Crippen LogP contribution in [-0.2, 0) is 25.6 Å². The number of nitrogens with zero attached hydrogens (tertiary/aromatic N) is 2. The van der Waals surface area contributed by atoms with Crippen molar-refractivity contribution in [2.24, 2.45) is 0 Å². The number of carbonyl (C=O) groups excluding carboxylic acids is 2. The van der Waals surface area contributed by atoms with Crippen LogP contribution in [0, 0.1) is 0 Å². The molecule has 2 heterocycles. The van der Waals surface area contributed by atoms with Crippen LogP contribution in [0.1, 0.15) is 29.0 Å². The van der Waals surface area contributed by atoms with Gasteiger partial charge in [-0.2, -0.15) is 0 Å². The standard InChI is InChI=1S/C32H33N3O6/c36-29(37)28-20-40-17-16-35(28)30(38)32(14-15-34(21-32)18-22-8-2-1-3-9-22)33-31(39)41-19-27-25-12-6-4-10-23(25)24-11-5-7-13-26(24)27/h1-13,27-28H,14-21H2,(H,33,39)(H,36,37). The summed E-state index contributed by atoms with van der Waals surface area (Å²) < 4.78 is 11.2. The fourth-order valence-corrected chi connectivity index (χ4v) is 6.35. The minimum atomic E-state index is -1.32. The van der Waals surface area contributed by atoms with E-state index in [9.17, 15) is 19.5 Å². The molecule has 2 unspecified atom stereocenters. The fraction of sp³-hybridized carbons (Fsp3) is 0.344. The molecule has 3 aromatic carbocycles. The molecular weight excluding hydrogens is 522 g/mol. The topological polar surface area (TPSA) is 108 Å². The van der Waals surface area contributed by atoms with Crippen LogP contribution in [0.5, 0.6) is 0 Å². The Bertz CT molecular complexity index is 1400. The Kier molecular flexibility index (Phi) is 7.47. The molecule has 6 rings (SSSR count). The van der Waals surface area contributed by atoms with Gasteiger partial charge < -0.3 is 24.8 Å². The van der Waals surface area contributed by atoms with Gasteiger partial charge in [0.2, 0.25) is 0 Å². The normalized spacial score (nSPS) is 22.1. The number of likely N-dealkylation sites (tertiary alicyclic amines) is 1. The van der Waals surface area contributed by atoms with E-state index in [1.165, 1.54) is 4.90 Å². The lowest BCUT2D eigenvalue weighted by Crippen LogP contribution is -2.65. The van der Waals surface area contributed by atoms with Gasteiger partial charge in [-0.1, -0.05) is 78.9 Å². The second-order valence-corrected chi connectivity index (χ2v) is 10.9. The van der Waals surface area contributed by atoms with Gasteiger partial charge in [0.25, 0.3) is 5.91 Å². The minimum absolute atomic E-state index is 0.0875. The highest BCUT2D eigenvalue weighted by atomic mass is 16.5. The second-order valence-electron chi connectivity index (χ2n) is 10.9. The van der Waals surface area contributed by atoms with Crippen molar-refractivity contribution in [3.63, 3.8) is 0 Å². The number of hydrogen-bond donors (Lipinski definition) is 2. The van der Waals surface area contributed by atoms with Crippen molar-refractivity contribution in [2.45, 2.75) is 30.5 Å². The van der Waals surface area contributed by atoms with Crippen molar-refractivity contribution in [2.75, 3.05) is 39.5 Å². The van der Waals surface area contributed by atoms with E-state index in [4.69, 9.17) is 9.47 Å². The number of rotatable bonds is 7. The van der Waals surface area contributed by atoms with Crippen LogP contribution in [-0.4, -0.2) is 83.9 Å². The molecule has 2 aliphatic heterocycles. The molecule has 0 aromatic heterocycles. The van der Waals surface area contributed by atoms with E-state index in [-0.39, 0.29) is 38.8 Å². The molecular formula is C32H33N3O6. The number of alkyl carbamates (subject to hydrolysis) is 1. The van der Waals surface area contributed by atoms with Crippen molar-refractivity contribution in [1.29, 1.82) is 0 Å². The monoisotopic (exact) mass is 555 g/mol. The zero-order chi connectivity index (χ0) is 28.4. The van der Waals surface area contributed by atoms with E-state index in [1.54, 1.807) is 0 Å². The predicted octanol–water partition coefficient (Wildman–Crippen LogP) is 3.48. The molecule has 1 aliphatic carbocycles. The number of fused-ring (bicyclic) bond motifs is 3. The average molecular weight is 556 g/mol. The fourth-order valence-electron chi connectivity index (χ4n) is 6.35. The maximum absolute atomic E-state index is 14.1. The Morgan fingerprint density at radius 2 is 1.59 bits per heavy atom. The van der Waals surface area contributed by atoms with Gasteiger partial charge >= 0.3 is 12.1 Å². The molecule has 3 aliphatic rings. The third-order valence-corrected chi connectivity index (χ3v) is 8.37. The number of hydrogen-bond acceptors (Lipinski definition) is 6. The van der Waals surface area contributed by atoms with Crippen LogP contribution in [0.2, 0.25) is 0 Å². The van der Waals surface area contributed by atoms with Crippen LogP contribution in [0.25, 0.3) is 11.1 Å². The number of carboxylic acids is 1. The number of carboxylic acid groups (broad SMARTS) is 1. The molecule has 0 spiro atoms. The number of morpholine rings is 1. The lowest BCUT2D eigenvalue weighted by atomic mass is 9.95. The molecule has 9 nitrogen and oxygen atoms in total. The molecule has 2 saturated heterocycles. The molecule has 2 amide bonds. The van der Waals surface area contributed by atoms with Gasteiger partial charge in [0.05, 0.1) is 13.2 Å². The summed E-state index contributed by atoms with van der Waals surface area (Å²) in [7, 11) is 0. The molecule has 2 atom stereocenters. The third-order valence-electron chi connectivity index (χ3n) is 8.37. The first-order chi connectivity index (χ1) is 19.9. The summed E-state index contributed by atoms with van der Waals surface area (Å²) in [6.45, 7) is 1.82. The minimum Gasteiger partial charge on any atom is -0.480 e. The quantitative estimate of drug-likeness (QED) is 0.460. The van der Waals surface area contributed by atoms with Gasteiger partial charge in [0.15, 0.2) is 6.04 Å². The molecule has 41 heavy (non-hydrogen) atoms. The zero-order valence-electron chi connectivity index (χ0n) is 22.7. The predicted molar refractivity (Wildman–Crippen MR) is 151 cm³/mol. The van der Waals surface area contributed by atoms with Crippen LogP contribution in [0.3, 0.4) is 0 Å². The van der Waals surface area contributed by atoms with E-state index in [2.05, 4.69) is 34.5 Å². The van der Waals surface area contributed by atoms with E-state index < -0.39 is 29.6 Å². The summed E-state index contributed by atoms with van der Waals surface area (Å²) >= 11 is 0. The summed E-state index contributed by atoms with van der Waals surface area (Å²) in [6, 6.07) is 25.0. The van der Waals surface area contributed by atoms with E-state index in [1.807, 2.05) is 54.6 Å². The molecule has 2 fully saturated rings. The molecule has 0 radical (unpaired) electrons. The van der Waals surface area contributed by atoms with Crippen molar-refractivity contribution in [3.05, 3.63) is 95.6 Å². The van der Waals surface area contributed by atoms with Crippen molar-refractivity contribution < 1.29 is 29.0 Å². The Morgan fingerprint density at radius 1 is 0.927 bits per heavy atom. The van der Waals surface area contributed by atoms with Gasteiger partial charge in [-0.15, -0.1) is 0 Å². The Morgan fingerprint density at radius 3 is 2.27 bits per heavy atom. The smallest absolute Gasteiger partial charge is 0.408 e. The molecule has 212 valence electrons. The number of nitrogens with one attached hydrogen (secondary N) is 1. The average Bonchev–Trinajstić information content (AvgIpc) is 3.55. The molecule has 0 saturated carbocycles. The van der Waals surface area contributed by atoms with Crippen LogP contribution in [0.4, 0.5) is 4.79 Å². The van der Waals surface area contributed by atoms with E-state index in [0.29, 0.717) is 19.5 Å². The summed E-state index contributed by atoms with van der Waals surface area (Å²) in [6.07, 6.45) is -0.353. The summed E-state index contributed by atoms with van der Waals surface area (Å²) in [4.78, 5) is 42.9. The van der Waals surface area contributed by atoms with Gasteiger partial charge in [0, 0.05) is 32.1 Å². The number of amides is 2. The first-order valence-corrected chi connectivity index (χ1v) is 14.0. The first kappa shape index (κ1) is 27.0. The maximum Gasteiger partial charge on any atom is 0.408 e. The van der Waals surface area contributed by atoms with Crippen LogP contribution < -0.4 is 5.32 Å². The maximum atomic E-state index is 14.1. The largest absolute Gasteiger partial charge is 0.480 e. The summed E-state index contributed by atoms with van der Waals surface area (Å²) in [5, 5.41) is 12.7. The first-order valence-electron chi connectivity index (χ1n) is 14.0. The summed E-state index contributed by atoms with van der Waals surface area (Å²) in [5.41, 5.74) is 4.22. The van der Waals surface area contributed by atoms with Crippen molar-refractivity contribution in [3.8, 4) is 11.1 Å². The third kappa shape index (κ3) is 5.30. The molecule has 9 heteroatoms. The Labute approximate surface area is 238 Å². The van der Waals surface area contributed by atoms with E-state index in [0.717, 1.165) is 27.8 Å².